The predicted octanol–water partition coefficient (Wildman–Crippen LogP) is 3.54. The Hall–Kier alpha value is -0.220. The third-order valence-corrected chi connectivity index (χ3v) is 2.39. The first-order valence-electron chi connectivity index (χ1n) is 4.29. The molecule has 84 valence electrons. The number of hydrogen-bond acceptors (Lipinski definition) is 4. The molecule has 0 aromatic rings. The molecular weight excluding hydrogens is 227 g/mol. The first-order valence-corrected chi connectivity index (χ1v) is 5.17. The Morgan fingerprint density at radius 1 is 0.786 bits per heavy atom. The minimum Gasteiger partial charge on any atom is -0.150 e. The summed E-state index contributed by atoms with van der Waals surface area (Å²) in [6.07, 6.45) is 0. The second-order valence-corrected chi connectivity index (χ2v) is 4.42. The Kier molecular flexibility index (Phi) is 10.8. The van der Waals surface area contributed by atoms with Gasteiger partial charge in [0.15, 0.2) is 0 Å². The fraction of sp³-hybridized carbons (Fsp3) is 1.00. The average Bonchev–Trinajstić information content (AvgIpc) is 2.15. The van der Waals surface area contributed by atoms with E-state index in [0.717, 1.165) is 0 Å². The molecule has 0 aromatic carbocycles. The molecule has 0 amide bonds. The van der Waals surface area contributed by atoms with E-state index in [9.17, 15) is 9.81 Å². The van der Waals surface area contributed by atoms with Gasteiger partial charge in [0.05, 0.1) is 10.8 Å². The standard InChI is InChI=1S/2C4H8ClNO/c2*1-3(5)4(2)6-7/h2*3-4H,1-2H3. The molecule has 6 heteroatoms. The zero-order valence-electron chi connectivity index (χ0n) is 8.78. The van der Waals surface area contributed by atoms with Gasteiger partial charge >= 0.3 is 0 Å². The van der Waals surface area contributed by atoms with Crippen LogP contribution in [0.5, 0.6) is 0 Å². The van der Waals surface area contributed by atoms with E-state index < -0.39 is 0 Å². The van der Waals surface area contributed by atoms with E-state index in [1.54, 1.807) is 27.7 Å². The van der Waals surface area contributed by atoms with E-state index in [1.165, 1.54) is 0 Å². The minimum absolute atomic E-state index is 0.141. The van der Waals surface area contributed by atoms with E-state index in [2.05, 4.69) is 10.4 Å². The van der Waals surface area contributed by atoms with Gasteiger partial charge in [0.25, 0.3) is 0 Å². The molecule has 14 heavy (non-hydrogen) atoms. The van der Waals surface area contributed by atoms with Gasteiger partial charge in [-0.2, -0.15) is 9.81 Å². The summed E-state index contributed by atoms with van der Waals surface area (Å²) in [6, 6.07) is -0.525. The smallest absolute Gasteiger partial charge is 0.105 e. The van der Waals surface area contributed by atoms with E-state index >= 15 is 0 Å². The maximum atomic E-state index is 9.61. The van der Waals surface area contributed by atoms with Crippen LogP contribution in [0.1, 0.15) is 27.7 Å². The molecule has 0 spiro atoms. The molecule has 4 atom stereocenters. The minimum atomic E-state index is -0.262. The number of rotatable bonds is 4. The van der Waals surface area contributed by atoms with Gasteiger partial charge in [-0.15, -0.1) is 23.2 Å². The van der Waals surface area contributed by atoms with Crippen molar-refractivity contribution in [3.8, 4) is 0 Å². The predicted molar refractivity (Wildman–Crippen MR) is 61.1 cm³/mol. The molecule has 4 unspecified atom stereocenters. The molecule has 0 aromatic heterocycles. The van der Waals surface area contributed by atoms with Crippen LogP contribution in [-0.2, 0) is 0 Å². The van der Waals surface area contributed by atoms with Crippen LogP contribution in [0.4, 0.5) is 0 Å². The highest BCUT2D eigenvalue weighted by Gasteiger charge is 2.06. The third kappa shape index (κ3) is 9.86. The number of hydrogen-bond donors (Lipinski definition) is 0. The van der Waals surface area contributed by atoms with E-state index in [-0.39, 0.29) is 22.8 Å². The van der Waals surface area contributed by atoms with Gasteiger partial charge < -0.3 is 0 Å². The Labute approximate surface area is 94.3 Å². The second kappa shape index (κ2) is 9.34. The van der Waals surface area contributed by atoms with Gasteiger partial charge in [-0.1, -0.05) is 10.4 Å². The number of nitrogens with zero attached hydrogens (tertiary/aromatic N) is 2. The zero-order valence-corrected chi connectivity index (χ0v) is 10.3. The molecule has 0 fully saturated rings. The van der Waals surface area contributed by atoms with Gasteiger partial charge in [-0.25, -0.2) is 0 Å². The summed E-state index contributed by atoms with van der Waals surface area (Å²) in [5.41, 5.74) is 0. The highest BCUT2D eigenvalue weighted by atomic mass is 35.5. The lowest BCUT2D eigenvalue weighted by Gasteiger charge is -2.00. The van der Waals surface area contributed by atoms with Crippen molar-refractivity contribution < 1.29 is 0 Å². The van der Waals surface area contributed by atoms with Crippen LogP contribution < -0.4 is 0 Å². The Morgan fingerprint density at radius 2 is 1.00 bits per heavy atom. The van der Waals surface area contributed by atoms with Crippen molar-refractivity contribution >= 4 is 23.2 Å². The summed E-state index contributed by atoms with van der Waals surface area (Å²) in [5.74, 6) is 0. The molecule has 0 aliphatic carbocycles. The van der Waals surface area contributed by atoms with Crippen molar-refractivity contribution in [2.75, 3.05) is 0 Å². The average molecular weight is 243 g/mol. The van der Waals surface area contributed by atoms with E-state index in [1.807, 2.05) is 0 Å². The first kappa shape index (κ1) is 16.2. The van der Waals surface area contributed by atoms with Gasteiger partial charge in [0, 0.05) is 0 Å². The van der Waals surface area contributed by atoms with Crippen LogP contribution in [0.15, 0.2) is 10.4 Å². The first-order chi connectivity index (χ1) is 6.36. The van der Waals surface area contributed by atoms with Crippen LogP contribution in [0.25, 0.3) is 0 Å². The van der Waals surface area contributed by atoms with Crippen molar-refractivity contribution in [1.29, 1.82) is 0 Å². The van der Waals surface area contributed by atoms with Crippen molar-refractivity contribution in [2.24, 2.45) is 10.4 Å². The normalized spacial score (nSPS) is 18.1. The summed E-state index contributed by atoms with van der Waals surface area (Å²) in [4.78, 5) is 19.2. The van der Waals surface area contributed by atoms with E-state index in [0.29, 0.717) is 0 Å². The lowest BCUT2D eigenvalue weighted by atomic mass is 10.3. The van der Waals surface area contributed by atoms with Crippen LogP contribution in [-0.4, -0.2) is 22.8 Å². The van der Waals surface area contributed by atoms with Gasteiger partial charge in [-0.05, 0) is 27.7 Å². The molecule has 0 radical (unpaired) electrons. The van der Waals surface area contributed by atoms with Crippen molar-refractivity contribution in [3.05, 3.63) is 9.81 Å². The lowest BCUT2D eigenvalue weighted by molar-refractivity contribution is 0.719. The molecule has 0 bridgehead atoms. The van der Waals surface area contributed by atoms with Crippen molar-refractivity contribution in [2.45, 2.75) is 50.5 Å². The summed E-state index contributed by atoms with van der Waals surface area (Å²) >= 11 is 10.9. The lowest BCUT2D eigenvalue weighted by Crippen LogP contribution is -2.08. The molecule has 0 aliphatic heterocycles. The second-order valence-electron chi connectivity index (χ2n) is 3.05. The maximum absolute atomic E-state index is 9.61. The fourth-order valence-corrected chi connectivity index (χ4v) is 0.260. The Bertz CT molecular complexity index is 147. The molecule has 4 nitrogen and oxygen atoms in total. The topological polar surface area (TPSA) is 58.9 Å². The molecule has 0 saturated heterocycles. The van der Waals surface area contributed by atoms with Crippen LogP contribution >= 0.6 is 23.2 Å². The van der Waals surface area contributed by atoms with Gasteiger partial charge in [0.2, 0.25) is 0 Å². The largest absolute Gasteiger partial charge is 0.150 e. The monoisotopic (exact) mass is 242 g/mol. The van der Waals surface area contributed by atoms with Crippen LogP contribution in [0.3, 0.4) is 0 Å². The summed E-state index contributed by atoms with van der Waals surface area (Å²) in [6.45, 7) is 6.86. The quantitative estimate of drug-likeness (QED) is 0.560. The zero-order chi connectivity index (χ0) is 11.7. The fourth-order valence-electron chi connectivity index (χ4n) is 0.168. The van der Waals surface area contributed by atoms with Crippen molar-refractivity contribution in [1.82, 2.24) is 0 Å². The third-order valence-electron chi connectivity index (χ3n) is 1.66. The molecule has 0 saturated carbocycles. The maximum Gasteiger partial charge on any atom is 0.105 e. The van der Waals surface area contributed by atoms with Crippen LogP contribution in [0.2, 0.25) is 0 Å². The summed E-state index contributed by atoms with van der Waals surface area (Å²) < 4.78 is 0. The van der Waals surface area contributed by atoms with Gasteiger partial charge in [0.1, 0.15) is 12.1 Å². The summed E-state index contributed by atoms with van der Waals surface area (Å²) in [7, 11) is 0. The Balaban J connectivity index is 0. The summed E-state index contributed by atoms with van der Waals surface area (Å²) in [5, 5.41) is 5.13. The Morgan fingerprint density at radius 3 is 1.00 bits per heavy atom. The number of halogens is 2. The molecule has 0 rings (SSSR count). The molecule has 0 N–H and O–H groups in total. The highest BCUT2D eigenvalue weighted by Crippen LogP contribution is 2.03. The number of alkyl halides is 2. The van der Waals surface area contributed by atoms with Crippen LogP contribution in [0, 0.1) is 9.81 Å². The number of nitroso groups, excluding NO2 is 2. The molecule has 0 aliphatic rings. The van der Waals surface area contributed by atoms with Crippen molar-refractivity contribution in [3.63, 3.8) is 0 Å². The molecular formula is C8H16Cl2N2O2. The highest BCUT2D eigenvalue weighted by molar-refractivity contribution is 6.21. The van der Waals surface area contributed by atoms with E-state index in [4.69, 9.17) is 23.2 Å². The van der Waals surface area contributed by atoms with Gasteiger partial charge in [-0.3, -0.25) is 0 Å². The SMILES string of the molecule is CC(Cl)C(C)N=O.CC(Cl)C(C)N=O. The molecule has 0 heterocycles.